The number of anilines is 3. The summed E-state index contributed by atoms with van der Waals surface area (Å²) in [4.78, 5) is 52.6. The van der Waals surface area contributed by atoms with Crippen molar-refractivity contribution in [2.24, 2.45) is 7.05 Å². The Hall–Kier alpha value is -5.31. The fourth-order valence-electron chi connectivity index (χ4n) is 6.45. The van der Waals surface area contributed by atoms with Crippen LogP contribution < -0.4 is 16.2 Å². The van der Waals surface area contributed by atoms with E-state index in [0.29, 0.717) is 6.07 Å². The molecule has 0 unspecified atom stereocenters. The molecule has 0 saturated heterocycles. The third-order valence-corrected chi connectivity index (χ3v) is 13.4. The van der Waals surface area contributed by atoms with Crippen LogP contribution in [-0.4, -0.2) is 91.2 Å². The van der Waals surface area contributed by atoms with E-state index in [0.717, 1.165) is 34.5 Å². The summed E-state index contributed by atoms with van der Waals surface area (Å²) in [5.41, 5.74) is -3.39. The average Bonchev–Trinajstić information content (AvgIpc) is 3.13. The second-order valence-electron chi connectivity index (χ2n) is 12.9. The maximum atomic E-state index is 14.4. The van der Waals surface area contributed by atoms with Crippen molar-refractivity contribution in [1.82, 2.24) is 4.57 Å². The predicted octanol–water partition coefficient (Wildman–Crippen LogP) is 3.41. The van der Waals surface area contributed by atoms with Crippen molar-refractivity contribution in [3.63, 3.8) is 0 Å². The van der Waals surface area contributed by atoms with Gasteiger partial charge in [0.1, 0.15) is 9.79 Å². The fourth-order valence-corrected chi connectivity index (χ4v) is 9.80. The van der Waals surface area contributed by atoms with Gasteiger partial charge < -0.3 is 15.2 Å². The highest BCUT2D eigenvalue weighted by molar-refractivity contribution is 8.00. The Morgan fingerprint density at radius 2 is 1.36 bits per heavy atom. The van der Waals surface area contributed by atoms with E-state index >= 15 is 0 Å². The molecule has 1 aliphatic carbocycles. The Morgan fingerprint density at radius 3 is 1.98 bits per heavy atom. The number of aryl methyl sites for hydroxylation is 1. The molecule has 4 aromatic carbocycles. The molecule has 6 N–H and O–H groups in total. The van der Waals surface area contributed by atoms with E-state index in [2.05, 4.69) is 10.6 Å². The van der Waals surface area contributed by atoms with E-state index in [4.69, 9.17) is 4.55 Å². The molecule has 1 amide bonds. The topological polar surface area (TPSA) is 315 Å². The summed E-state index contributed by atoms with van der Waals surface area (Å²) in [5.74, 6) is -3.56. The molecule has 6 rings (SSSR count). The molecule has 0 atom stereocenters. The van der Waals surface area contributed by atoms with Crippen molar-refractivity contribution in [3.05, 3.63) is 105 Å². The van der Waals surface area contributed by atoms with Gasteiger partial charge in [-0.15, -0.1) is 0 Å². The van der Waals surface area contributed by atoms with E-state index in [1.54, 1.807) is 0 Å². The first-order valence-corrected chi connectivity index (χ1v) is 23.7. The lowest BCUT2D eigenvalue weighted by molar-refractivity contribution is -0.113. The van der Waals surface area contributed by atoms with Crippen LogP contribution in [0.25, 0.3) is 22.0 Å². The van der Waals surface area contributed by atoms with Gasteiger partial charge in [0.05, 0.1) is 50.1 Å². The highest BCUT2D eigenvalue weighted by Gasteiger charge is 2.35. The van der Waals surface area contributed by atoms with Crippen molar-refractivity contribution in [2.45, 2.75) is 21.1 Å². The zero-order valence-electron chi connectivity index (χ0n) is 29.9. The van der Waals surface area contributed by atoms with Gasteiger partial charge in [-0.3, -0.25) is 37.4 Å². The van der Waals surface area contributed by atoms with Gasteiger partial charge in [-0.05, 0) is 54.1 Å². The Labute approximate surface area is 339 Å². The second-order valence-corrected chi connectivity index (χ2v) is 19.7. The van der Waals surface area contributed by atoms with Crippen LogP contribution in [0.4, 0.5) is 17.1 Å². The summed E-state index contributed by atoms with van der Waals surface area (Å²) in [6.07, 6.45) is -0.0474. The Bertz CT molecular complexity index is 3180. The molecular formula is C35H29N3O16S5. The van der Waals surface area contributed by atoms with E-state index < -0.39 is 107 Å². The van der Waals surface area contributed by atoms with Crippen molar-refractivity contribution in [1.29, 1.82) is 0 Å². The summed E-state index contributed by atoms with van der Waals surface area (Å²) in [7, 11) is -18.4. The standard InChI is InChI=1S/C35H29N3O16S5/c1-38-25-11-10-22(36-23-15-24(27(59(52,53)54)16-26(23)58(49,50)51)37-28(39)17-55-12-5-13-56(43,44)45)30-31(25)29(20-8-2-3-9-21(20)34(30)41)32(35(38)42)33(40)18-6-4-7-19(14-18)57(46,47)48/h2-4,6-11,14-16,36H,5,12-13,17H2,1H3,(H,37,39)(H,43,44,45)(H,46,47,48)(H,49,50,51)(H,52,53,54). The molecule has 0 bridgehead atoms. The number of nitrogens with zero attached hydrogens (tertiary/aromatic N) is 1. The third kappa shape index (κ3) is 8.85. The number of ketones is 2. The molecule has 19 nitrogen and oxygen atoms in total. The summed E-state index contributed by atoms with van der Waals surface area (Å²) in [5, 5.41) is 4.87. The molecule has 5 aromatic rings. The van der Waals surface area contributed by atoms with Gasteiger partial charge in [-0.1, -0.05) is 36.4 Å². The average molecular weight is 908 g/mol. The lowest BCUT2D eigenvalue weighted by Gasteiger charge is -2.26. The molecule has 1 aliphatic rings. The number of benzene rings is 4. The van der Waals surface area contributed by atoms with Gasteiger partial charge in [-0.25, -0.2) is 0 Å². The molecule has 59 heavy (non-hydrogen) atoms. The first kappa shape index (κ1) is 43.3. The van der Waals surface area contributed by atoms with Crippen molar-refractivity contribution in [2.75, 3.05) is 27.9 Å². The largest absolute Gasteiger partial charge is 0.354 e. The summed E-state index contributed by atoms with van der Waals surface area (Å²) in [6.45, 7) is 0. The SMILES string of the molecule is Cn1c(=O)c(C(=O)c2cccc(S(=O)(=O)O)c2)c2c3c(c(Nc4cc(NC(=O)CSCCCS(=O)(=O)O)c(S(=O)(=O)O)cc4S(=O)(=O)O)ccc31)C(=O)c1ccccc1-2. The van der Waals surface area contributed by atoms with Crippen LogP contribution in [0.15, 0.2) is 92.3 Å². The lowest BCUT2D eigenvalue weighted by atomic mass is 9.80. The van der Waals surface area contributed by atoms with Gasteiger partial charge in [0.15, 0.2) is 11.6 Å². The Balaban J connectivity index is 1.55. The van der Waals surface area contributed by atoms with Crippen molar-refractivity contribution >= 4 is 97.7 Å². The van der Waals surface area contributed by atoms with E-state index in [1.807, 2.05) is 0 Å². The molecule has 0 radical (unpaired) electrons. The second kappa shape index (κ2) is 15.7. The highest BCUT2D eigenvalue weighted by Crippen LogP contribution is 2.45. The molecule has 0 fully saturated rings. The van der Waals surface area contributed by atoms with E-state index in [-0.39, 0.29) is 56.6 Å². The van der Waals surface area contributed by atoms with Crippen LogP contribution in [0.1, 0.15) is 38.3 Å². The van der Waals surface area contributed by atoms with Crippen LogP contribution in [0.5, 0.6) is 0 Å². The Morgan fingerprint density at radius 1 is 0.712 bits per heavy atom. The quantitative estimate of drug-likeness (QED) is 0.0518. The van der Waals surface area contributed by atoms with Gasteiger partial charge in [0.25, 0.3) is 46.0 Å². The molecule has 0 saturated carbocycles. The minimum atomic E-state index is -5.37. The zero-order chi connectivity index (χ0) is 43.4. The number of aromatic nitrogens is 1. The smallest absolute Gasteiger partial charge is 0.296 e. The molecule has 0 spiro atoms. The van der Waals surface area contributed by atoms with Gasteiger partial charge in [-0.2, -0.15) is 45.4 Å². The van der Waals surface area contributed by atoms with E-state index in [9.17, 15) is 66.5 Å². The number of carbonyl (C=O) groups excluding carboxylic acids is 3. The zero-order valence-corrected chi connectivity index (χ0v) is 34.0. The molecule has 310 valence electrons. The predicted molar refractivity (Wildman–Crippen MR) is 214 cm³/mol. The summed E-state index contributed by atoms with van der Waals surface area (Å²) >= 11 is 0.888. The van der Waals surface area contributed by atoms with Crippen molar-refractivity contribution in [3.8, 4) is 11.1 Å². The molecule has 1 aromatic heterocycles. The minimum absolute atomic E-state index is 0.0161. The maximum Gasteiger partial charge on any atom is 0.296 e. The number of hydrogen-bond acceptors (Lipinski definition) is 14. The number of nitrogens with one attached hydrogen (secondary N) is 2. The fraction of sp³-hybridized carbons (Fsp3) is 0.143. The molecule has 0 aliphatic heterocycles. The monoisotopic (exact) mass is 907 g/mol. The number of amides is 1. The maximum absolute atomic E-state index is 14.4. The normalized spacial score (nSPS) is 12.9. The molecular weight excluding hydrogens is 879 g/mol. The molecule has 24 heteroatoms. The number of carbonyl (C=O) groups is 3. The minimum Gasteiger partial charge on any atom is -0.354 e. The van der Waals surface area contributed by atoms with Crippen LogP contribution in [0, 0.1) is 0 Å². The first-order chi connectivity index (χ1) is 27.4. The number of hydrogen-bond donors (Lipinski definition) is 6. The third-order valence-electron chi connectivity index (χ3n) is 8.96. The van der Waals surface area contributed by atoms with Gasteiger partial charge in [0.2, 0.25) is 5.91 Å². The first-order valence-electron chi connectivity index (χ1n) is 16.6. The number of pyridine rings is 1. The van der Waals surface area contributed by atoms with Crippen LogP contribution in [0.3, 0.4) is 0 Å². The number of rotatable bonds is 14. The van der Waals surface area contributed by atoms with Gasteiger partial charge in [0, 0.05) is 29.1 Å². The highest BCUT2D eigenvalue weighted by atomic mass is 32.2. The Kier molecular flexibility index (Phi) is 11.5. The number of fused-ring (bicyclic) bond motifs is 2. The lowest BCUT2D eigenvalue weighted by Crippen LogP contribution is -2.29. The van der Waals surface area contributed by atoms with Crippen LogP contribution in [-0.2, 0) is 52.3 Å². The van der Waals surface area contributed by atoms with Gasteiger partial charge >= 0.3 is 0 Å². The van der Waals surface area contributed by atoms with Crippen LogP contribution >= 0.6 is 11.8 Å². The number of thioether (sulfide) groups is 1. The molecule has 1 heterocycles. The summed E-state index contributed by atoms with van der Waals surface area (Å²) in [6, 6.07) is 13.8. The van der Waals surface area contributed by atoms with E-state index in [1.165, 1.54) is 55.6 Å². The summed E-state index contributed by atoms with van der Waals surface area (Å²) < 4.78 is 136. The van der Waals surface area contributed by atoms with Crippen LogP contribution in [0.2, 0.25) is 0 Å². The van der Waals surface area contributed by atoms with Crippen molar-refractivity contribution < 1.29 is 66.3 Å².